The molecule has 1 saturated heterocycles. The Morgan fingerprint density at radius 3 is 2.31 bits per heavy atom. The summed E-state index contributed by atoms with van der Waals surface area (Å²) in [6, 6.07) is 1.66. The lowest BCUT2D eigenvalue weighted by atomic mass is 9.75. The summed E-state index contributed by atoms with van der Waals surface area (Å²) in [4.78, 5) is 27.4. The summed E-state index contributed by atoms with van der Waals surface area (Å²) in [5.41, 5.74) is -0.0636. The van der Waals surface area contributed by atoms with E-state index >= 15 is 0 Å². The molecule has 4 saturated carbocycles. The highest BCUT2D eigenvalue weighted by Crippen LogP contribution is 2.65. The first-order chi connectivity index (χ1) is 13.6. The van der Waals surface area contributed by atoms with Crippen LogP contribution in [0.1, 0.15) is 42.5 Å². The van der Waals surface area contributed by atoms with Crippen LogP contribution in [0.2, 0.25) is 5.02 Å². The normalized spacial score (nSPS) is 33.7. The minimum absolute atomic E-state index is 0.0471. The molecular weight excluding hydrogens is 533 g/mol. The van der Waals surface area contributed by atoms with E-state index in [0.29, 0.717) is 26.7 Å². The third-order valence-electron chi connectivity index (χ3n) is 7.20. The van der Waals surface area contributed by atoms with Crippen LogP contribution in [-0.4, -0.2) is 35.7 Å². The molecule has 4 aliphatic carbocycles. The van der Waals surface area contributed by atoms with E-state index in [1.165, 1.54) is 6.42 Å². The van der Waals surface area contributed by atoms with E-state index in [4.69, 9.17) is 11.6 Å². The van der Waals surface area contributed by atoms with E-state index in [-0.39, 0.29) is 27.6 Å². The van der Waals surface area contributed by atoms with Gasteiger partial charge in [-0.05, 0) is 87.8 Å². The molecule has 2 amide bonds. The summed E-state index contributed by atoms with van der Waals surface area (Å²) in [5.74, 6) is -1.94. The predicted octanol–water partition coefficient (Wildman–Crippen LogP) is 5.72. The number of amides is 2. The van der Waals surface area contributed by atoms with Gasteiger partial charge in [-0.15, -0.1) is 0 Å². The lowest BCUT2D eigenvalue weighted by Crippen LogP contribution is -2.58. The summed E-state index contributed by atoms with van der Waals surface area (Å²) < 4.78 is 27.6. The molecule has 5 fully saturated rings. The highest BCUT2D eigenvalue weighted by Gasteiger charge is 2.61. The minimum Gasteiger partial charge on any atom is -0.326 e. The first-order valence-corrected chi connectivity index (χ1v) is 11.7. The topological polar surface area (TPSA) is 49.4 Å². The Morgan fingerprint density at radius 2 is 1.72 bits per heavy atom. The molecule has 0 radical (unpaired) electrons. The van der Waals surface area contributed by atoms with Gasteiger partial charge in [-0.1, -0.05) is 11.6 Å². The highest BCUT2D eigenvalue weighted by molar-refractivity contribution is 9.11. The maximum Gasteiger partial charge on any atom is 0.282 e. The standard InChI is InChI=1S/C20H19Br2ClF2N2O2/c21-12-4-13(22)16(14(15(12)23)17(28)27-7-20(24,25)8-27)26-18(29)19-5-9-1-10(6-19)3-11(19)2-9/h4,9-11H,1-3,5-8H2,(H,26,29). The fourth-order valence-corrected chi connectivity index (χ4v) is 7.63. The van der Waals surface area contributed by atoms with Gasteiger partial charge >= 0.3 is 0 Å². The van der Waals surface area contributed by atoms with Crippen LogP contribution in [0.15, 0.2) is 15.0 Å². The van der Waals surface area contributed by atoms with Crippen molar-refractivity contribution in [2.75, 3.05) is 18.4 Å². The van der Waals surface area contributed by atoms with E-state index in [2.05, 4.69) is 37.2 Å². The van der Waals surface area contributed by atoms with Crippen molar-refractivity contribution < 1.29 is 18.4 Å². The van der Waals surface area contributed by atoms with Crippen LogP contribution < -0.4 is 5.32 Å². The van der Waals surface area contributed by atoms with Crippen molar-refractivity contribution in [3.05, 3.63) is 25.6 Å². The highest BCUT2D eigenvalue weighted by atomic mass is 79.9. The van der Waals surface area contributed by atoms with Crippen LogP contribution in [-0.2, 0) is 4.79 Å². The second-order valence-electron chi connectivity index (χ2n) is 9.08. The molecule has 2 atom stereocenters. The van der Waals surface area contributed by atoms with Crippen molar-refractivity contribution in [3.8, 4) is 0 Å². The zero-order valence-corrected chi connectivity index (χ0v) is 19.3. The number of carbonyl (C=O) groups excluding carboxylic acids is 2. The average molecular weight is 553 g/mol. The Hall–Kier alpha value is -0.730. The van der Waals surface area contributed by atoms with Crippen molar-refractivity contribution in [2.45, 2.75) is 38.0 Å². The zero-order valence-electron chi connectivity index (χ0n) is 15.4. The van der Waals surface area contributed by atoms with Crippen LogP contribution >= 0.6 is 43.5 Å². The number of benzene rings is 1. The predicted molar refractivity (Wildman–Crippen MR) is 112 cm³/mol. The first-order valence-electron chi connectivity index (χ1n) is 9.76. The van der Waals surface area contributed by atoms with E-state index in [1.807, 2.05) is 0 Å². The Balaban J connectivity index is 1.48. The second-order valence-corrected chi connectivity index (χ2v) is 11.2. The zero-order chi connectivity index (χ0) is 20.7. The fourth-order valence-electron chi connectivity index (χ4n) is 6.14. The summed E-state index contributed by atoms with van der Waals surface area (Å²) in [6.45, 7) is -1.29. The van der Waals surface area contributed by atoms with Gasteiger partial charge in [0.2, 0.25) is 5.91 Å². The quantitative estimate of drug-likeness (QED) is 0.488. The summed E-state index contributed by atoms with van der Waals surface area (Å²) >= 11 is 13.1. The van der Waals surface area contributed by atoms with Crippen molar-refractivity contribution in [2.24, 2.45) is 23.2 Å². The minimum atomic E-state index is -2.88. The third-order valence-corrected chi connectivity index (χ3v) is 9.07. The molecule has 29 heavy (non-hydrogen) atoms. The van der Waals surface area contributed by atoms with Crippen LogP contribution in [0.25, 0.3) is 0 Å². The van der Waals surface area contributed by atoms with Gasteiger partial charge in [-0.3, -0.25) is 9.59 Å². The number of hydrogen-bond acceptors (Lipinski definition) is 2. The van der Waals surface area contributed by atoms with Crippen LogP contribution in [0.5, 0.6) is 0 Å². The molecule has 0 spiro atoms. The van der Waals surface area contributed by atoms with Crippen LogP contribution in [0.3, 0.4) is 0 Å². The van der Waals surface area contributed by atoms with Gasteiger partial charge in [0, 0.05) is 8.95 Å². The van der Waals surface area contributed by atoms with Gasteiger partial charge in [0.05, 0.1) is 34.8 Å². The number of rotatable bonds is 3. The lowest BCUT2D eigenvalue weighted by molar-refractivity contribution is -0.127. The Morgan fingerprint density at radius 1 is 1.10 bits per heavy atom. The van der Waals surface area contributed by atoms with Gasteiger partial charge in [0.25, 0.3) is 11.8 Å². The van der Waals surface area contributed by atoms with Gasteiger partial charge in [0.15, 0.2) is 0 Å². The van der Waals surface area contributed by atoms with Crippen LogP contribution in [0.4, 0.5) is 14.5 Å². The SMILES string of the molecule is O=C(c1c(Cl)c(Br)cc(Br)c1NC(=O)C12CC3CC(CC1C3)C2)N1CC(F)(F)C1. The monoisotopic (exact) mass is 550 g/mol. The number of nitrogens with one attached hydrogen (secondary N) is 1. The second kappa shape index (κ2) is 6.63. The molecule has 2 unspecified atom stereocenters. The molecule has 1 heterocycles. The molecule has 5 aliphatic rings. The van der Waals surface area contributed by atoms with Gasteiger partial charge < -0.3 is 10.2 Å². The molecule has 1 N–H and O–H groups in total. The molecule has 1 aromatic rings. The maximum absolute atomic E-state index is 13.4. The number of likely N-dealkylation sites (tertiary alicyclic amines) is 1. The number of carbonyl (C=O) groups is 2. The lowest BCUT2D eigenvalue weighted by Gasteiger charge is -2.39. The number of nitrogens with zero attached hydrogens (tertiary/aromatic N) is 1. The van der Waals surface area contributed by atoms with E-state index in [9.17, 15) is 18.4 Å². The Labute approximate surface area is 189 Å². The fraction of sp³-hybridized carbons (Fsp3) is 0.600. The smallest absolute Gasteiger partial charge is 0.282 e. The number of halogens is 5. The molecule has 0 aromatic heterocycles. The summed E-state index contributed by atoms with van der Waals surface area (Å²) in [7, 11) is 0. The number of hydrogen-bond donors (Lipinski definition) is 1. The van der Waals surface area contributed by atoms with Gasteiger partial charge in [0.1, 0.15) is 0 Å². The molecule has 9 heteroatoms. The number of alkyl halides is 2. The molecule has 4 bridgehead atoms. The van der Waals surface area contributed by atoms with Crippen molar-refractivity contribution in [1.29, 1.82) is 0 Å². The molecule has 4 nitrogen and oxygen atoms in total. The molecule has 156 valence electrons. The summed E-state index contributed by atoms with van der Waals surface area (Å²) in [5, 5.41) is 3.08. The van der Waals surface area contributed by atoms with Crippen LogP contribution in [0, 0.1) is 23.2 Å². The van der Waals surface area contributed by atoms with E-state index in [1.54, 1.807) is 6.07 Å². The van der Waals surface area contributed by atoms with Gasteiger partial charge in [-0.25, -0.2) is 8.78 Å². The first kappa shape index (κ1) is 20.2. The third kappa shape index (κ3) is 3.07. The van der Waals surface area contributed by atoms with E-state index < -0.39 is 24.9 Å². The Kier molecular flexibility index (Phi) is 4.62. The maximum atomic E-state index is 13.4. The van der Waals surface area contributed by atoms with Crippen molar-refractivity contribution in [3.63, 3.8) is 0 Å². The van der Waals surface area contributed by atoms with Gasteiger partial charge in [-0.2, -0.15) is 0 Å². The molecular formula is C20H19Br2ClF2N2O2. The molecule has 6 rings (SSSR count). The summed E-state index contributed by atoms with van der Waals surface area (Å²) in [6.07, 6.45) is 5.20. The van der Waals surface area contributed by atoms with Crippen molar-refractivity contribution in [1.82, 2.24) is 4.90 Å². The average Bonchev–Trinajstić information content (AvgIpc) is 3.02. The molecule has 1 aromatic carbocycles. The number of anilines is 1. The largest absolute Gasteiger partial charge is 0.326 e. The van der Waals surface area contributed by atoms with Crippen molar-refractivity contribution >= 4 is 61.0 Å². The van der Waals surface area contributed by atoms with E-state index in [0.717, 1.165) is 30.6 Å². The Bertz CT molecular complexity index is 920. The molecule has 1 aliphatic heterocycles.